The fraction of sp³-hybridized carbons (Fsp3) is 0.188. The molecule has 0 bridgehead atoms. The highest BCUT2D eigenvalue weighted by Gasteiger charge is 2.04. The van der Waals surface area contributed by atoms with Crippen molar-refractivity contribution in [2.24, 2.45) is 0 Å². The number of nitrogens with two attached hydrogens (primary N) is 1. The summed E-state index contributed by atoms with van der Waals surface area (Å²) in [6, 6.07) is 15.0. The van der Waals surface area contributed by atoms with Crippen molar-refractivity contribution in [2.75, 3.05) is 24.7 Å². The van der Waals surface area contributed by atoms with Gasteiger partial charge in [-0.15, -0.1) is 0 Å². The minimum atomic E-state index is -0.0957. The van der Waals surface area contributed by atoms with Gasteiger partial charge in [-0.1, -0.05) is 12.1 Å². The van der Waals surface area contributed by atoms with Crippen molar-refractivity contribution in [3.8, 4) is 0 Å². The van der Waals surface area contributed by atoms with Crippen LogP contribution in [0.1, 0.15) is 15.9 Å². The number of nitrogens with one attached hydrogen (secondary N) is 1. The van der Waals surface area contributed by atoms with E-state index in [1.54, 1.807) is 24.3 Å². The van der Waals surface area contributed by atoms with Crippen molar-refractivity contribution < 1.29 is 4.79 Å². The molecule has 2 aromatic rings. The van der Waals surface area contributed by atoms with E-state index in [0.29, 0.717) is 17.8 Å². The molecule has 2 rings (SSSR count). The molecule has 0 aliphatic carbocycles. The Morgan fingerprint density at radius 2 is 1.65 bits per heavy atom. The zero-order chi connectivity index (χ0) is 14.5. The number of hydrogen-bond acceptors (Lipinski definition) is 3. The first kappa shape index (κ1) is 13.9. The largest absolute Gasteiger partial charge is 0.399 e. The molecule has 20 heavy (non-hydrogen) atoms. The van der Waals surface area contributed by atoms with Crippen molar-refractivity contribution in [2.45, 2.75) is 6.54 Å². The van der Waals surface area contributed by atoms with E-state index in [9.17, 15) is 4.79 Å². The first-order valence-electron chi connectivity index (χ1n) is 6.46. The van der Waals surface area contributed by atoms with E-state index in [0.717, 1.165) is 11.3 Å². The Labute approximate surface area is 119 Å². The highest BCUT2D eigenvalue weighted by atomic mass is 16.1. The molecule has 0 saturated carbocycles. The van der Waals surface area contributed by atoms with Gasteiger partial charge in [-0.25, -0.2) is 0 Å². The van der Waals surface area contributed by atoms with Gasteiger partial charge in [-0.3, -0.25) is 4.79 Å². The fourth-order valence-corrected chi connectivity index (χ4v) is 1.83. The van der Waals surface area contributed by atoms with Crippen LogP contribution in [0.4, 0.5) is 11.4 Å². The Hall–Kier alpha value is -2.49. The van der Waals surface area contributed by atoms with Crippen LogP contribution in [-0.4, -0.2) is 20.0 Å². The lowest BCUT2D eigenvalue weighted by Gasteiger charge is -2.13. The summed E-state index contributed by atoms with van der Waals surface area (Å²) in [5, 5.41) is 2.89. The van der Waals surface area contributed by atoms with Gasteiger partial charge in [0.2, 0.25) is 0 Å². The minimum absolute atomic E-state index is 0.0957. The van der Waals surface area contributed by atoms with Crippen LogP contribution in [0.5, 0.6) is 0 Å². The number of carbonyl (C=O) groups excluding carboxylic acids is 1. The summed E-state index contributed by atoms with van der Waals surface area (Å²) in [6.45, 7) is 0.511. The average Bonchev–Trinajstić information content (AvgIpc) is 2.46. The molecule has 0 aliphatic heterocycles. The van der Waals surface area contributed by atoms with Gasteiger partial charge in [-0.05, 0) is 42.0 Å². The number of nitrogens with zero attached hydrogens (tertiary/aromatic N) is 1. The van der Waals surface area contributed by atoms with Crippen molar-refractivity contribution in [3.63, 3.8) is 0 Å². The molecule has 3 N–H and O–H groups in total. The smallest absolute Gasteiger partial charge is 0.251 e. The SMILES string of the molecule is CN(C)c1ccc(CNC(=O)c2ccc(N)cc2)cc1. The molecule has 0 fully saturated rings. The second-order valence-corrected chi connectivity index (χ2v) is 4.87. The van der Waals surface area contributed by atoms with Crippen LogP contribution >= 0.6 is 0 Å². The summed E-state index contributed by atoms with van der Waals surface area (Å²) in [6.07, 6.45) is 0. The number of amides is 1. The second kappa shape index (κ2) is 6.10. The highest BCUT2D eigenvalue weighted by molar-refractivity contribution is 5.94. The molecule has 2 aromatic carbocycles. The third-order valence-electron chi connectivity index (χ3n) is 3.08. The zero-order valence-corrected chi connectivity index (χ0v) is 11.8. The first-order chi connectivity index (χ1) is 9.56. The number of benzene rings is 2. The zero-order valence-electron chi connectivity index (χ0n) is 11.8. The van der Waals surface area contributed by atoms with Crippen LogP contribution in [0.15, 0.2) is 48.5 Å². The van der Waals surface area contributed by atoms with Crippen molar-refractivity contribution in [1.29, 1.82) is 0 Å². The van der Waals surface area contributed by atoms with E-state index in [1.807, 2.05) is 43.3 Å². The van der Waals surface area contributed by atoms with Crippen LogP contribution in [0.2, 0.25) is 0 Å². The predicted molar refractivity (Wildman–Crippen MR) is 82.8 cm³/mol. The number of carbonyl (C=O) groups is 1. The van der Waals surface area contributed by atoms with Crippen molar-refractivity contribution in [1.82, 2.24) is 5.32 Å². The molecule has 0 radical (unpaired) electrons. The lowest BCUT2D eigenvalue weighted by Crippen LogP contribution is -2.22. The number of nitrogen functional groups attached to an aromatic ring is 1. The molecule has 104 valence electrons. The molecule has 0 unspecified atom stereocenters. The van der Waals surface area contributed by atoms with E-state index in [-0.39, 0.29) is 5.91 Å². The first-order valence-corrected chi connectivity index (χ1v) is 6.46. The summed E-state index contributed by atoms with van der Waals surface area (Å²) in [4.78, 5) is 14.0. The number of hydrogen-bond donors (Lipinski definition) is 2. The van der Waals surface area contributed by atoms with Gasteiger partial charge in [0.15, 0.2) is 0 Å². The van der Waals surface area contributed by atoms with E-state index < -0.39 is 0 Å². The number of anilines is 2. The minimum Gasteiger partial charge on any atom is -0.399 e. The molecule has 0 heterocycles. The Bertz CT molecular complexity index is 574. The lowest BCUT2D eigenvalue weighted by atomic mass is 10.1. The van der Waals surface area contributed by atoms with Crippen LogP contribution in [0.25, 0.3) is 0 Å². The van der Waals surface area contributed by atoms with E-state index in [4.69, 9.17) is 5.73 Å². The van der Waals surface area contributed by atoms with Gasteiger partial charge < -0.3 is 16.0 Å². The summed E-state index contributed by atoms with van der Waals surface area (Å²) in [7, 11) is 4.00. The quantitative estimate of drug-likeness (QED) is 0.837. The van der Waals surface area contributed by atoms with Crippen LogP contribution in [-0.2, 0) is 6.54 Å². The van der Waals surface area contributed by atoms with Crippen LogP contribution < -0.4 is 16.0 Å². The van der Waals surface area contributed by atoms with Crippen molar-refractivity contribution in [3.05, 3.63) is 59.7 Å². The van der Waals surface area contributed by atoms with Crippen molar-refractivity contribution >= 4 is 17.3 Å². The highest BCUT2D eigenvalue weighted by Crippen LogP contribution is 2.12. The third kappa shape index (κ3) is 3.51. The molecular weight excluding hydrogens is 250 g/mol. The normalized spacial score (nSPS) is 10.1. The van der Waals surface area contributed by atoms with Gasteiger partial charge in [0.05, 0.1) is 0 Å². The van der Waals surface area contributed by atoms with Gasteiger partial charge in [-0.2, -0.15) is 0 Å². The van der Waals surface area contributed by atoms with E-state index >= 15 is 0 Å². The molecule has 4 heteroatoms. The summed E-state index contributed by atoms with van der Waals surface area (Å²) in [5.41, 5.74) is 9.07. The molecule has 0 saturated heterocycles. The maximum Gasteiger partial charge on any atom is 0.251 e. The topological polar surface area (TPSA) is 58.4 Å². The fourth-order valence-electron chi connectivity index (χ4n) is 1.83. The Morgan fingerprint density at radius 1 is 1.05 bits per heavy atom. The Kier molecular flexibility index (Phi) is 4.25. The summed E-state index contributed by atoms with van der Waals surface area (Å²) < 4.78 is 0. The van der Waals surface area contributed by atoms with E-state index in [2.05, 4.69) is 5.32 Å². The van der Waals surface area contributed by atoms with E-state index in [1.165, 1.54) is 0 Å². The van der Waals surface area contributed by atoms with Gasteiger partial charge in [0, 0.05) is 37.6 Å². The maximum absolute atomic E-state index is 11.9. The average molecular weight is 269 g/mol. The second-order valence-electron chi connectivity index (χ2n) is 4.87. The molecule has 0 aliphatic rings. The lowest BCUT2D eigenvalue weighted by molar-refractivity contribution is 0.0951. The van der Waals surface area contributed by atoms with Crippen LogP contribution in [0.3, 0.4) is 0 Å². The van der Waals surface area contributed by atoms with Gasteiger partial charge >= 0.3 is 0 Å². The monoisotopic (exact) mass is 269 g/mol. The maximum atomic E-state index is 11.9. The molecule has 0 spiro atoms. The summed E-state index contributed by atoms with van der Waals surface area (Å²) >= 11 is 0. The Balaban J connectivity index is 1.94. The predicted octanol–water partition coefficient (Wildman–Crippen LogP) is 2.26. The molecule has 0 atom stereocenters. The Morgan fingerprint density at radius 3 is 2.20 bits per heavy atom. The molecule has 1 amide bonds. The standard InChI is InChI=1S/C16H19N3O/c1-19(2)15-9-3-12(4-10-15)11-18-16(20)13-5-7-14(17)8-6-13/h3-10H,11,17H2,1-2H3,(H,18,20). The van der Waals surface area contributed by atoms with Crippen LogP contribution in [0, 0.1) is 0 Å². The third-order valence-corrected chi connectivity index (χ3v) is 3.08. The van der Waals surface area contributed by atoms with Gasteiger partial charge in [0.25, 0.3) is 5.91 Å². The molecule has 4 nitrogen and oxygen atoms in total. The summed E-state index contributed by atoms with van der Waals surface area (Å²) in [5.74, 6) is -0.0957. The van der Waals surface area contributed by atoms with Gasteiger partial charge in [0.1, 0.15) is 0 Å². The molecular formula is C16H19N3O. The molecule has 0 aromatic heterocycles. The number of rotatable bonds is 4.